The molecule has 0 atom stereocenters. The van der Waals surface area contributed by atoms with E-state index in [0.29, 0.717) is 17.9 Å². The first-order valence-corrected chi connectivity index (χ1v) is 9.99. The van der Waals surface area contributed by atoms with Crippen LogP contribution in [0.25, 0.3) is 11.1 Å². The van der Waals surface area contributed by atoms with Crippen LogP contribution in [0.4, 0.5) is 26.3 Å². The van der Waals surface area contributed by atoms with E-state index < -0.39 is 35.4 Å². The van der Waals surface area contributed by atoms with Gasteiger partial charge >= 0.3 is 0 Å². The summed E-state index contributed by atoms with van der Waals surface area (Å²) in [7, 11) is 0. The largest absolute Gasteiger partial charge is 0.459 e. The average Bonchev–Trinajstić information content (AvgIpc) is 2.75. The second-order valence-corrected chi connectivity index (χ2v) is 7.06. The molecule has 0 heterocycles. The van der Waals surface area contributed by atoms with Gasteiger partial charge in [0, 0.05) is 17.2 Å². The molecule has 7 heteroatoms. The number of rotatable bonds is 6. The Balaban J connectivity index is 1.83. The first-order valence-electron chi connectivity index (χ1n) is 9.99. The Kier molecular flexibility index (Phi) is 7.83. The highest BCUT2D eigenvalue weighted by molar-refractivity contribution is 5.66. The van der Waals surface area contributed by atoms with Crippen molar-refractivity contribution in [2.45, 2.75) is 26.2 Å². The van der Waals surface area contributed by atoms with E-state index in [1.165, 1.54) is 18.2 Å². The van der Waals surface area contributed by atoms with Crippen molar-refractivity contribution in [1.82, 2.24) is 0 Å². The minimum atomic E-state index is -2.83. The van der Waals surface area contributed by atoms with Crippen LogP contribution in [-0.2, 0) is 6.42 Å². The molecule has 0 radical (unpaired) electrons. The zero-order chi connectivity index (χ0) is 24.0. The molecule has 0 N–H and O–H groups in total. The molecular formula is C26H18F6O. The summed E-state index contributed by atoms with van der Waals surface area (Å²) in [6.07, 6.45) is -0.417. The van der Waals surface area contributed by atoms with Crippen LogP contribution in [-0.4, -0.2) is 6.43 Å². The Morgan fingerprint density at radius 3 is 2.18 bits per heavy atom. The van der Waals surface area contributed by atoms with Gasteiger partial charge < -0.3 is 4.74 Å². The third-order valence-corrected chi connectivity index (χ3v) is 4.60. The van der Waals surface area contributed by atoms with Crippen molar-refractivity contribution in [3.05, 3.63) is 101 Å². The van der Waals surface area contributed by atoms with Gasteiger partial charge in [0.25, 0.3) is 6.43 Å². The highest BCUT2D eigenvalue weighted by atomic mass is 19.3. The Morgan fingerprint density at radius 1 is 0.848 bits per heavy atom. The van der Waals surface area contributed by atoms with Crippen LogP contribution in [0.15, 0.2) is 60.9 Å². The maximum Gasteiger partial charge on any atom is 0.260 e. The Morgan fingerprint density at radius 2 is 1.58 bits per heavy atom. The van der Waals surface area contributed by atoms with E-state index in [4.69, 9.17) is 0 Å². The molecule has 3 rings (SSSR count). The normalized spacial score (nSPS) is 11.0. The van der Waals surface area contributed by atoms with Gasteiger partial charge in [0.1, 0.15) is 11.6 Å². The lowest BCUT2D eigenvalue weighted by Gasteiger charge is -2.07. The van der Waals surface area contributed by atoms with Crippen LogP contribution in [0, 0.1) is 35.1 Å². The molecule has 0 aliphatic rings. The highest BCUT2D eigenvalue weighted by Gasteiger charge is 2.12. The fourth-order valence-electron chi connectivity index (χ4n) is 3.07. The van der Waals surface area contributed by atoms with Crippen LogP contribution in [0.1, 0.15) is 30.0 Å². The fourth-order valence-corrected chi connectivity index (χ4v) is 3.07. The van der Waals surface area contributed by atoms with E-state index >= 15 is 0 Å². The van der Waals surface area contributed by atoms with Crippen LogP contribution >= 0.6 is 0 Å². The summed E-state index contributed by atoms with van der Waals surface area (Å²) in [6.45, 7) is 1.99. The van der Waals surface area contributed by atoms with Crippen LogP contribution in [0.5, 0.6) is 5.75 Å². The van der Waals surface area contributed by atoms with Crippen molar-refractivity contribution in [1.29, 1.82) is 0 Å². The van der Waals surface area contributed by atoms with Gasteiger partial charge in [-0.2, -0.15) is 0 Å². The standard InChI is InChI=1S/C26H18F6O/c1-2-3-16-5-9-20(22(28)12-16)19-8-7-18(21(27)15-19)6-4-17-13-23(29)26(24(30)14-17)33-11-10-25(31)32/h5,7-15,25H,2-3H2,1H3/b11-10+. The molecule has 0 spiro atoms. The number of alkyl halides is 2. The summed E-state index contributed by atoms with van der Waals surface area (Å²) in [6, 6.07) is 10.4. The third kappa shape index (κ3) is 6.19. The monoisotopic (exact) mass is 460 g/mol. The zero-order valence-electron chi connectivity index (χ0n) is 17.4. The third-order valence-electron chi connectivity index (χ3n) is 4.60. The lowest BCUT2D eigenvalue weighted by molar-refractivity contribution is 0.200. The lowest BCUT2D eigenvalue weighted by Crippen LogP contribution is -1.95. The number of aryl methyl sites for hydroxylation is 1. The van der Waals surface area contributed by atoms with Gasteiger partial charge in [-0.15, -0.1) is 0 Å². The van der Waals surface area contributed by atoms with Crippen molar-refractivity contribution in [2.75, 3.05) is 0 Å². The van der Waals surface area contributed by atoms with Gasteiger partial charge in [0.2, 0.25) is 0 Å². The van der Waals surface area contributed by atoms with Crippen molar-refractivity contribution < 1.29 is 31.1 Å². The van der Waals surface area contributed by atoms with Crippen LogP contribution in [0.2, 0.25) is 0 Å². The van der Waals surface area contributed by atoms with Gasteiger partial charge in [-0.3, -0.25) is 0 Å². The predicted octanol–water partition coefficient (Wildman–Crippen LogP) is 7.42. The molecule has 3 aromatic carbocycles. The highest BCUT2D eigenvalue weighted by Crippen LogP contribution is 2.26. The lowest BCUT2D eigenvalue weighted by atomic mass is 10.00. The molecule has 170 valence electrons. The molecule has 33 heavy (non-hydrogen) atoms. The maximum absolute atomic E-state index is 14.5. The molecule has 0 aliphatic carbocycles. The molecule has 0 saturated carbocycles. The van der Waals surface area contributed by atoms with E-state index in [0.717, 1.165) is 36.6 Å². The molecule has 1 nitrogen and oxygen atoms in total. The predicted molar refractivity (Wildman–Crippen MR) is 114 cm³/mol. The fraction of sp³-hybridized carbons (Fsp3) is 0.154. The quantitative estimate of drug-likeness (QED) is 0.211. The van der Waals surface area contributed by atoms with Gasteiger partial charge in [0.15, 0.2) is 17.4 Å². The first kappa shape index (κ1) is 24.0. The SMILES string of the molecule is CCCc1ccc(-c2ccc(C#Cc3cc(F)c(O/C=C/C(F)F)c(F)c3)c(F)c2)c(F)c1. The minimum Gasteiger partial charge on any atom is -0.459 e. The number of ether oxygens (including phenoxy) is 1. The van der Waals surface area contributed by atoms with Crippen LogP contribution < -0.4 is 4.74 Å². The molecule has 0 aromatic heterocycles. The summed E-state index contributed by atoms with van der Waals surface area (Å²) < 4.78 is 85.7. The zero-order valence-corrected chi connectivity index (χ0v) is 17.4. The summed E-state index contributed by atoms with van der Waals surface area (Å²) >= 11 is 0. The molecule has 0 fully saturated rings. The molecule has 0 saturated heterocycles. The van der Waals surface area contributed by atoms with E-state index in [1.807, 2.05) is 6.92 Å². The average molecular weight is 460 g/mol. The molecule has 0 amide bonds. The topological polar surface area (TPSA) is 9.23 Å². The van der Waals surface area contributed by atoms with Gasteiger partial charge in [-0.1, -0.05) is 43.4 Å². The smallest absolute Gasteiger partial charge is 0.260 e. The van der Waals surface area contributed by atoms with E-state index in [2.05, 4.69) is 16.6 Å². The molecule has 0 aliphatic heterocycles. The van der Waals surface area contributed by atoms with Crippen molar-refractivity contribution in [2.24, 2.45) is 0 Å². The molecular weight excluding hydrogens is 442 g/mol. The van der Waals surface area contributed by atoms with Gasteiger partial charge in [0.05, 0.1) is 11.8 Å². The Labute approximate surface area is 187 Å². The van der Waals surface area contributed by atoms with Crippen molar-refractivity contribution in [3.8, 4) is 28.7 Å². The number of hydrogen-bond donors (Lipinski definition) is 0. The maximum atomic E-state index is 14.5. The van der Waals surface area contributed by atoms with Crippen molar-refractivity contribution >= 4 is 0 Å². The van der Waals surface area contributed by atoms with Gasteiger partial charge in [-0.25, -0.2) is 26.3 Å². The van der Waals surface area contributed by atoms with Crippen LogP contribution in [0.3, 0.4) is 0 Å². The Hall–Kier alpha value is -3.66. The molecule has 3 aromatic rings. The molecule has 0 bridgehead atoms. The van der Waals surface area contributed by atoms with E-state index in [1.54, 1.807) is 12.1 Å². The van der Waals surface area contributed by atoms with E-state index in [-0.39, 0.29) is 16.7 Å². The summed E-state index contributed by atoms with van der Waals surface area (Å²) in [5.74, 6) is 0.551. The number of halogens is 6. The minimum absolute atomic E-state index is 0.0530. The second-order valence-electron chi connectivity index (χ2n) is 7.06. The second kappa shape index (κ2) is 10.8. The summed E-state index contributed by atoms with van der Waals surface area (Å²) in [4.78, 5) is 0. The van der Waals surface area contributed by atoms with Crippen molar-refractivity contribution in [3.63, 3.8) is 0 Å². The number of hydrogen-bond acceptors (Lipinski definition) is 1. The number of benzene rings is 3. The summed E-state index contributed by atoms with van der Waals surface area (Å²) in [5, 5.41) is 0. The van der Waals surface area contributed by atoms with E-state index in [9.17, 15) is 26.3 Å². The first-order chi connectivity index (χ1) is 15.8. The molecule has 0 unspecified atom stereocenters. The summed E-state index contributed by atoms with van der Waals surface area (Å²) in [5.41, 5.74) is 1.25. The Bertz CT molecular complexity index is 1210. The number of allylic oxidation sites excluding steroid dienone is 1. The van der Waals surface area contributed by atoms with Gasteiger partial charge in [-0.05, 0) is 47.9 Å².